The fourth-order valence-electron chi connectivity index (χ4n) is 3.05. The van der Waals surface area contributed by atoms with Crippen molar-refractivity contribution in [3.05, 3.63) is 64.1 Å². The number of carbonyl (C=O) groups excluding carboxylic acids is 1. The van der Waals surface area contributed by atoms with Gasteiger partial charge in [-0.15, -0.1) is 0 Å². The normalized spacial score (nSPS) is 10.9. The van der Waals surface area contributed by atoms with Gasteiger partial charge in [-0.1, -0.05) is 46.3 Å². The lowest BCUT2D eigenvalue weighted by atomic mass is 10.0. The summed E-state index contributed by atoms with van der Waals surface area (Å²) in [6.45, 7) is 0. The standard InChI is InChI=1S/C22H21BrN2O4/c1-27-19-10-14(11-20(28-2)22(19)29-3)13-24-25-21(26)12-15-8-9-18(23)17-7-5-4-6-16(15)17/h4-11,13H,12H2,1-3H3,(H,25,26)/b24-13+. The van der Waals surface area contributed by atoms with Crippen LogP contribution in [-0.2, 0) is 11.2 Å². The third-order valence-corrected chi connectivity index (χ3v) is 5.09. The number of benzene rings is 3. The van der Waals surface area contributed by atoms with Crippen molar-refractivity contribution in [2.45, 2.75) is 6.42 Å². The SMILES string of the molecule is COc1cc(/C=N/NC(=O)Cc2ccc(Br)c3ccccc23)cc(OC)c1OC. The molecule has 29 heavy (non-hydrogen) atoms. The lowest BCUT2D eigenvalue weighted by molar-refractivity contribution is -0.120. The van der Waals surface area contributed by atoms with Crippen molar-refractivity contribution < 1.29 is 19.0 Å². The summed E-state index contributed by atoms with van der Waals surface area (Å²) >= 11 is 3.55. The zero-order chi connectivity index (χ0) is 20.8. The molecule has 3 aromatic rings. The molecule has 0 aromatic heterocycles. The third kappa shape index (κ3) is 4.68. The zero-order valence-electron chi connectivity index (χ0n) is 16.4. The molecule has 0 atom stereocenters. The van der Waals surface area contributed by atoms with E-state index in [0.29, 0.717) is 22.8 Å². The van der Waals surface area contributed by atoms with Gasteiger partial charge in [-0.05, 0) is 34.5 Å². The second-order valence-electron chi connectivity index (χ2n) is 6.18. The van der Waals surface area contributed by atoms with Crippen LogP contribution in [0.5, 0.6) is 17.2 Å². The molecule has 1 N–H and O–H groups in total. The Morgan fingerprint density at radius 3 is 2.28 bits per heavy atom. The zero-order valence-corrected chi connectivity index (χ0v) is 17.9. The Morgan fingerprint density at radius 2 is 1.66 bits per heavy atom. The predicted molar refractivity (Wildman–Crippen MR) is 117 cm³/mol. The molecule has 0 spiro atoms. The molecule has 7 heteroatoms. The largest absolute Gasteiger partial charge is 0.493 e. The van der Waals surface area contributed by atoms with Gasteiger partial charge < -0.3 is 14.2 Å². The first kappa shape index (κ1) is 20.7. The van der Waals surface area contributed by atoms with Crippen LogP contribution in [-0.4, -0.2) is 33.5 Å². The molecule has 3 aromatic carbocycles. The number of fused-ring (bicyclic) bond motifs is 1. The van der Waals surface area contributed by atoms with Gasteiger partial charge in [0.15, 0.2) is 11.5 Å². The summed E-state index contributed by atoms with van der Waals surface area (Å²) in [6, 6.07) is 15.3. The quantitative estimate of drug-likeness (QED) is 0.424. The predicted octanol–water partition coefficient (Wildman–Crippen LogP) is 4.32. The number of methoxy groups -OCH3 is 3. The number of nitrogens with zero attached hydrogens (tertiary/aromatic N) is 1. The van der Waals surface area contributed by atoms with E-state index in [1.807, 2.05) is 36.4 Å². The van der Waals surface area contributed by atoms with Crippen LogP contribution in [0.15, 0.2) is 58.1 Å². The summed E-state index contributed by atoms with van der Waals surface area (Å²) in [6.07, 6.45) is 1.75. The number of ether oxygens (including phenoxy) is 3. The summed E-state index contributed by atoms with van der Waals surface area (Å²) in [5, 5.41) is 6.16. The van der Waals surface area contributed by atoms with Gasteiger partial charge in [-0.25, -0.2) is 5.43 Å². The molecule has 3 rings (SSSR count). The number of rotatable bonds is 7. The van der Waals surface area contributed by atoms with E-state index in [0.717, 1.165) is 20.8 Å². The van der Waals surface area contributed by atoms with Gasteiger partial charge in [-0.2, -0.15) is 5.10 Å². The Kier molecular flexibility index (Phi) is 6.72. The van der Waals surface area contributed by atoms with E-state index in [4.69, 9.17) is 14.2 Å². The molecule has 0 aliphatic heterocycles. The third-order valence-electron chi connectivity index (χ3n) is 4.40. The van der Waals surface area contributed by atoms with Crippen LogP contribution in [0.4, 0.5) is 0 Å². The average molecular weight is 457 g/mol. The number of hydrogen-bond acceptors (Lipinski definition) is 5. The van der Waals surface area contributed by atoms with E-state index in [1.54, 1.807) is 33.5 Å². The molecule has 6 nitrogen and oxygen atoms in total. The van der Waals surface area contributed by atoms with E-state index < -0.39 is 0 Å². The lowest BCUT2D eigenvalue weighted by Gasteiger charge is -2.12. The summed E-state index contributed by atoms with van der Waals surface area (Å²) in [4.78, 5) is 12.4. The molecule has 0 heterocycles. The van der Waals surface area contributed by atoms with E-state index in [-0.39, 0.29) is 12.3 Å². The van der Waals surface area contributed by atoms with Crippen molar-refractivity contribution in [1.82, 2.24) is 5.43 Å². The van der Waals surface area contributed by atoms with Crippen molar-refractivity contribution in [3.8, 4) is 17.2 Å². The average Bonchev–Trinajstić information content (AvgIpc) is 2.75. The minimum absolute atomic E-state index is 0.207. The fourth-order valence-corrected chi connectivity index (χ4v) is 3.52. The highest BCUT2D eigenvalue weighted by atomic mass is 79.9. The highest BCUT2D eigenvalue weighted by Crippen LogP contribution is 2.37. The van der Waals surface area contributed by atoms with Crippen LogP contribution in [0.3, 0.4) is 0 Å². The number of hydrogen-bond donors (Lipinski definition) is 1. The van der Waals surface area contributed by atoms with Crippen molar-refractivity contribution >= 4 is 38.8 Å². The maximum absolute atomic E-state index is 12.4. The highest BCUT2D eigenvalue weighted by Gasteiger charge is 2.12. The van der Waals surface area contributed by atoms with E-state index in [2.05, 4.69) is 26.5 Å². The smallest absolute Gasteiger partial charge is 0.244 e. The van der Waals surface area contributed by atoms with Crippen LogP contribution >= 0.6 is 15.9 Å². The van der Waals surface area contributed by atoms with Gasteiger partial charge in [-0.3, -0.25) is 4.79 Å². The number of hydrazone groups is 1. The Hall–Kier alpha value is -3.06. The minimum Gasteiger partial charge on any atom is -0.493 e. The van der Waals surface area contributed by atoms with Crippen LogP contribution in [0, 0.1) is 0 Å². The van der Waals surface area contributed by atoms with Crippen molar-refractivity contribution in [3.63, 3.8) is 0 Å². The lowest BCUT2D eigenvalue weighted by Crippen LogP contribution is -2.20. The molecule has 0 fully saturated rings. The number of halogens is 1. The van der Waals surface area contributed by atoms with E-state index >= 15 is 0 Å². The van der Waals surface area contributed by atoms with Crippen molar-refractivity contribution in [2.75, 3.05) is 21.3 Å². The Morgan fingerprint density at radius 1 is 1.00 bits per heavy atom. The molecule has 0 bridgehead atoms. The van der Waals surface area contributed by atoms with E-state index in [1.165, 1.54) is 6.21 Å². The van der Waals surface area contributed by atoms with Gasteiger partial charge in [0.05, 0.1) is 34.0 Å². The first-order valence-corrected chi connectivity index (χ1v) is 9.64. The van der Waals surface area contributed by atoms with Crippen LogP contribution < -0.4 is 19.6 Å². The highest BCUT2D eigenvalue weighted by molar-refractivity contribution is 9.10. The van der Waals surface area contributed by atoms with Gasteiger partial charge in [0.1, 0.15) is 0 Å². The Balaban J connectivity index is 1.73. The molecule has 0 saturated carbocycles. The summed E-state index contributed by atoms with van der Waals surface area (Å²) in [7, 11) is 4.63. The fraction of sp³-hybridized carbons (Fsp3) is 0.182. The summed E-state index contributed by atoms with van der Waals surface area (Å²) in [5.74, 6) is 1.32. The van der Waals surface area contributed by atoms with Gasteiger partial charge in [0.25, 0.3) is 0 Å². The molecular formula is C22H21BrN2O4. The monoisotopic (exact) mass is 456 g/mol. The summed E-state index contributed by atoms with van der Waals surface area (Å²) in [5.41, 5.74) is 4.21. The molecule has 0 aliphatic rings. The van der Waals surface area contributed by atoms with Crippen LogP contribution in [0.25, 0.3) is 10.8 Å². The topological polar surface area (TPSA) is 69.2 Å². The first-order valence-electron chi connectivity index (χ1n) is 8.85. The molecule has 0 radical (unpaired) electrons. The number of nitrogens with one attached hydrogen (secondary N) is 1. The van der Waals surface area contributed by atoms with E-state index in [9.17, 15) is 4.79 Å². The Bertz CT molecular complexity index is 1040. The first-order chi connectivity index (χ1) is 14.1. The van der Waals surface area contributed by atoms with Crippen LogP contribution in [0.2, 0.25) is 0 Å². The number of amides is 1. The molecular weight excluding hydrogens is 436 g/mol. The van der Waals surface area contributed by atoms with Gasteiger partial charge in [0, 0.05) is 10.0 Å². The molecule has 0 saturated heterocycles. The van der Waals surface area contributed by atoms with Gasteiger partial charge in [0.2, 0.25) is 11.7 Å². The molecule has 0 aliphatic carbocycles. The second kappa shape index (κ2) is 9.43. The molecule has 1 amide bonds. The maximum Gasteiger partial charge on any atom is 0.244 e. The summed E-state index contributed by atoms with van der Waals surface area (Å²) < 4.78 is 16.9. The van der Waals surface area contributed by atoms with Gasteiger partial charge >= 0.3 is 0 Å². The minimum atomic E-state index is -0.207. The second-order valence-corrected chi connectivity index (χ2v) is 7.04. The number of carbonyl (C=O) groups is 1. The Labute approximate surface area is 177 Å². The van der Waals surface area contributed by atoms with Crippen molar-refractivity contribution in [1.29, 1.82) is 0 Å². The van der Waals surface area contributed by atoms with Crippen LogP contribution in [0.1, 0.15) is 11.1 Å². The molecule has 0 unspecified atom stereocenters. The maximum atomic E-state index is 12.4. The molecule has 150 valence electrons. The van der Waals surface area contributed by atoms with Crippen molar-refractivity contribution in [2.24, 2.45) is 5.10 Å².